The van der Waals surface area contributed by atoms with Crippen LogP contribution in [0.2, 0.25) is 0 Å². The molecule has 0 bridgehead atoms. The number of hydrogen-bond donors (Lipinski definition) is 2. The molecule has 3 aromatic rings. The molecule has 0 fully saturated rings. The molecule has 0 saturated heterocycles. The van der Waals surface area contributed by atoms with Crippen LogP contribution >= 0.6 is 0 Å². The maximum absolute atomic E-state index is 4.59. The summed E-state index contributed by atoms with van der Waals surface area (Å²) in [5.41, 5.74) is 5.56. The molecule has 5 nitrogen and oxygen atoms in total. The van der Waals surface area contributed by atoms with Gasteiger partial charge < -0.3 is 15.5 Å². The van der Waals surface area contributed by atoms with Gasteiger partial charge in [-0.25, -0.2) is 4.98 Å². The number of anilines is 4. The van der Waals surface area contributed by atoms with Gasteiger partial charge in [-0.15, -0.1) is 0 Å². The molecular weight excluding hydrogens is 322 g/mol. The van der Waals surface area contributed by atoms with Gasteiger partial charge in [0, 0.05) is 43.8 Å². The first-order valence-electron chi connectivity index (χ1n) is 8.70. The summed E-state index contributed by atoms with van der Waals surface area (Å²) >= 11 is 0. The highest BCUT2D eigenvalue weighted by Crippen LogP contribution is 2.20. The highest BCUT2D eigenvalue weighted by molar-refractivity contribution is 5.60. The number of nitrogens with zero attached hydrogens (tertiary/aromatic N) is 3. The third-order valence-electron chi connectivity index (χ3n) is 4.22. The van der Waals surface area contributed by atoms with Crippen LogP contribution in [0.5, 0.6) is 0 Å². The van der Waals surface area contributed by atoms with Crippen molar-refractivity contribution in [2.24, 2.45) is 0 Å². The molecule has 3 rings (SSSR count). The lowest BCUT2D eigenvalue weighted by atomic mass is 10.1. The van der Waals surface area contributed by atoms with Crippen LogP contribution in [0.25, 0.3) is 0 Å². The molecule has 26 heavy (non-hydrogen) atoms. The molecule has 5 heteroatoms. The third kappa shape index (κ3) is 4.51. The first kappa shape index (κ1) is 17.7. The van der Waals surface area contributed by atoms with Gasteiger partial charge in [-0.1, -0.05) is 24.3 Å². The predicted molar refractivity (Wildman–Crippen MR) is 109 cm³/mol. The van der Waals surface area contributed by atoms with Crippen LogP contribution in [0.15, 0.2) is 54.6 Å². The SMILES string of the molecule is Cc1cc(NCc2ccccc2C)nc(Nc2ccc(N(C)C)cc2)n1. The van der Waals surface area contributed by atoms with E-state index in [9.17, 15) is 0 Å². The van der Waals surface area contributed by atoms with E-state index in [2.05, 4.69) is 68.8 Å². The molecule has 2 N–H and O–H groups in total. The molecule has 134 valence electrons. The van der Waals surface area contributed by atoms with Gasteiger partial charge in [0.1, 0.15) is 5.82 Å². The monoisotopic (exact) mass is 347 g/mol. The van der Waals surface area contributed by atoms with Crippen LogP contribution in [0.3, 0.4) is 0 Å². The molecule has 0 radical (unpaired) electrons. The van der Waals surface area contributed by atoms with Crippen LogP contribution in [0, 0.1) is 13.8 Å². The summed E-state index contributed by atoms with van der Waals surface area (Å²) < 4.78 is 0. The standard InChI is InChI=1S/C21H25N5/c1-15-7-5-6-8-17(15)14-22-20-13-16(2)23-21(25-20)24-18-9-11-19(12-10-18)26(3)4/h5-13H,14H2,1-4H3,(H2,22,23,24,25). The molecule has 0 amide bonds. The molecule has 0 aliphatic rings. The Hall–Kier alpha value is -3.08. The lowest BCUT2D eigenvalue weighted by Crippen LogP contribution is -2.08. The van der Waals surface area contributed by atoms with E-state index in [1.54, 1.807) is 0 Å². The number of rotatable bonds is 6. The quantitative estimate of drug-likeness (QED) is 0.687. The van der Waals surface area contributed by atoms with Crippen molar-refractivity contribution in [2.45, 2.75) is 20.4 Å². The summed E-state index contributed by atoms with van der Waals surface area (Å²) in [6.07, 6.45) is 0. The Bertz CT molecular complexity index is 872. The van der Waals surface area contributed by atoms with Crippen molar-refractivity contribution in [1.29, 1.82) is 0 Å². The summed E-state index contributed by atoms with van der Waals surface area (Å²) in [6, 6.07) is 18.5. The maximum Gasteiger partial charge on any atom is 0.229 e. The minimum Gasteiger partial charge on any atom is -0.378 e. The Morgan fingerprint density at radius 2 is 1.65 bits per heavy atom. The zero-order valence-electron chi connectivity index (χ0n) is 15.7. The van der Waals surface area contributed by atoms with Gasteiger partial charge in [0.2, 0.25) is 5.95 Å². The second kappa shape index (κ2) is 7.87. The van der Waals surface area contributed by atoms with Gasteiger partial charge in [0.15, 0.2) is 0 Å². The van der Waals surface area contributed by atoms with Crippen molar-refractivity contribution < 1.29 is 0 Å². The Morgan fingerprint density at radius 3 is 2.35 bits per heavy atom. The van der Waals surface area contributed by atoms with Crippen molar-refractivity contribution in [3.05, 3.63) is 71.4 Å². The van der Waals surface area contributed by atoms with Gasteiger partial charge in [-0.05, 0) is 49.2 Å². The van der Waals surface area contributed by atoms with Crippen molar-refractivity contribution in [1.82, 2.24) is 9.97 Å². The zero-order valence-corrected chi connectivity index (χ0v) is 15.7. The van der Waals surface area contributed by atoms with Gasteiger partial charge in [0.25, 0.3) is 0 Å². The summed E-state index contributed by atoms with van der Waals surface area (Å²) in [6.45, 7) is 4.83. The Kier molecular flexibility index (Phi) is 5.37. The number of benzene rings is 2. The normalized spacial score (nSPS) is 10.5. The van der Waals surface area contributed by atoms with Crippen LogP contribution in [-0.2, 0) is 6.54 Å². The molecule has 0 aliphatic carbocycles. The van der Waals surface area contributed by atoms with Crippen molar-refractivity contribution in [3.63, 3.8) is 0 Å². The van der Waals surface area contributed by atoms with Crippen LogP contribution < -0.4 is 15.5 Å². The van der Waals surface area contributed by atoms with Crippen molar-refractivity contribution >= 4 is 23.1 Å². The first-order chi connectivity index (χ1) is 12.5. The van der Waals surface area contributed by atoms with Crippen LogP contribution in [-0.4, -0.2) is 24.1 Å². The van der Waals surface area contributed by atoms with E-state index in [0.29, 0.717) is 5.95 Å². The fraction of sp³-hybridized carbons (Fsp3) is 0.238. The summed E-state index contributed by atoms with van der Waals surface area (Å²) in [4.78, 5) is 11.1. The van der Waals surface area contributed by atoms with E-state index in [-0.39, 0.29) is 0 Å². The van der Waals surface area contributed by atoms with Gasteiger partial charge in [0.05, 0.1) is 0 Å². The molecule has 0 saturated carbocycles. The van der Waals surface area contributed by atoms with E-state index in [0.717, 1.165) is 29.4 Å². The molecule has 0 spiro atoms. The minimum atomic E-state index is 0.592. The number of aryl methyl sites for hydroxylation is 2. The molecule has 1 aromatic heterocycles. The third-order valence-corrected chi connectivity index (χ3v) is 4.22. The Balaban J connectivity index is 1.72. The molecular formula is C21H25N5. The fourth-order valence-electron chi connectivity index (χ4n) is 2.68. The lowest BCUT2D eigenvalue weighted by Gasteiger charge is -2.14. The van der Waals surface area contributed by atoms with E-state index in [1.165, 1.54) is 11.1 Å². The highest BCUT2D eigenvalue weighted by atomic mass is 15.1. The number of nitrogens with one attached hydrogen (secondary N) is 2. The summed E-state index contributed by atoms with van der Waals surface area (Å²) in [5, 5.41) is 6.68. The average molecular weight is 347 g/mol. The second-order valence-corrected chi connectivity index (χ2v) is 6.56. The predicted octanol–water partition coefficient (Wildman–Crippen LogP) is 4.52. The topological polar surface area (TPSA) is 53.1 Å². The van der Waals surface area contributed by atoms with Gasteiger partial charge in [-0.2, -0.15) is 4.98 Å². The van der Waals surface area contributed by atoms with Gasteiger partial charge >= 0.3 is 0 Å². The average Bonchev–Trinajstić information content (AvgIpc) is 2.61. The van der Waals surface area contributed by atoms with Crippen molar-refractivity contribution in [3.8, 4) is 0 Å². The second-order valence-electron chi connectivity index (χ2n) is 6.56. The zero-order chi connectivity index (χ0) is 18.5. The van der Waals surface area contributed by atoms with Gasteiger partial charge in [-0.3, -0.25) is 0 Å². The largest absolute Gasteiger partial charge is 0.378 e. The van der Waals surface area contributed by atoms with E-state index in [1.807, 2.05) is 39.2 Å². The molecule has 2 aromatic carbocycles. The molecule has 0 unspecified atom stereocenters. The van der Waals surface area contributed by atoms with Crippen LogP contribution in [0.4, 0.5) is 23.1 Å². The highest BCUT2D eigenvalue weighted by Gasteiger charge is 2.05. The maximum atomic E-state index is 4.59. The number of aromatic nitrogens is 2. The van der Waals surface area contributed by atoms with Crippen LogP contribution in [0.1, 0.15) is 16.8 Å². The fourth-order valence-corrected chi connectivity index (χ4v) is 2.68. The lowest BCUT2D eigenvalue weighted by molar-refractivity contribution is 1.05. The smallest absolute Gasteiger partial charge is 0.229 e. The Labute approximate surface area is 155 Å². The summed E-state index contributed by atoms with van der Waals surface area (Å²) in [7, 11) is 4.05. The Morgan fingerprint density at radius 1 is 0.923 bits per heavy atom. The first-order valence-corrected chi connectivity index (χ1v) is 8.70. The summed E-state index contributed by atoms with van der Waals surface area (Å²) in [5.74, 6) is 1.41. The minimum absolute atomic E-state index is 0.592. The molecule has 0 atom stereocenters. The van der Waals surface area contributed by atoms with E-state index < -0.39 is 0 Å². The number of hydrogen-bond acceptors (Lipinski definition) is 5. The van der Waals surface area contributed by atoms with Crippen molar-refractivity contribution in [2.75, 3.05) is 29.6 Å². The van der Waals surface area contributed by atoms with E-state index >= 15 is 0 Å². The molecule has 1 heterocycles. The van der Waals surface area contributed by atoms with E-state index in [4.69, 9.17) is 0 Å². The molecule has 0 aliphatic heterocycles.